The predicted octanol–water partition coefficient (Wildman–Crippen LogP) is 4.43. The minimum absolute atomic E-state index is 0.0238. The number of hydrogen-bond acceptors (Lipinski definition) is 6. The second-order valence-corrected chi connectivity index (χ2v) is 10.9. The molecule has 7 heteroatoms. The highest BCUT2D eigenvalue weighted by atomic mass is 32.2. The van der Waals surface area contributed by atoms with Gasteiger partial charge in [-0.25, -0.2) is 0 Å². The van der Waals surface area contributed by atoms with Crippen LogP contribution in [0, 0.1) is 6.92 Å². The van der Waals surface area contributed by atoms with E-state index in [0.29, 0.717) is 11.1 Å². The molecule has 2 aromatic rings. The lowest BCUT2D eigenvalue weighted by atomic mass is 10.0. The molecule has 5 nitrogen and oxygen atoms in total. The Morgan fingerprint density at radius 2 is 1.78 bits per heavy atom. The summed E-state index contributed by atoms with van der Waals surface area (Å²) >= 11 is 4.01. The fourth-order valence-corrected chi connectivity index (χ4v) is 6.84. The van der Waals surface area contributed by atoms with Crippen molar-refractivity contribution in [3.05, 3.63) is 65.2 Å². The van der Waals surface area contributed by atoms with E-state index in [1.54, 1.807) is 0 Å². The van der Waals surface area contributed by atoms with E-state index in [2.05, 4.69) is 53.5 Å². The lowest BCUT2D eigenvalue weighted by molar-refractivity contribution is -0.123. The molecule has 2 saturated heterocycles. The second-order valence-electron chi connectivity index (χ2n) is 8.16. The van der Waals surface area contributed by atoms with E-state index < -0.39 is 0 Å². The quantitative estimate of drug-likeness (QED) is 0.613. The minimum atomic E-state index is -0.0992. The highest BCUT2D eigenvalue weighted by Gasteiger charge is 2.23. The SMILES string of the molecule is Cc1ccc(C(CNC(=O)COc2ccc(C3SCCCS3)cc2)N2CCOCC2)cc1. The standard InChI is InChI=1S/C25H32N2O3S2/c1-19-3-5-20(6-4-19)23(27-11-13-29-14-12-27)17-26-24(28)18-30-22-9-7-21(8-10-22)25-31-15-2-16-32-25/h3-10,23,25H,2,11-18H2,1H3,(H,26,28). The fraction of sp³-hybridized carbons (Fsp3) is 0.480. The van der Waals surface area contributed by atoms with Crippen molar-refractivity contribution in [3.63, 3.8) is 0 Å². The molecule has 0 bridgehead atoms. The highest BCUT2D eigenvalue weighted by molar-refractivity contribution is 8.16. The van der Waals surface area contributed by atoms with Gasteiger partial charge in [-0.3, -0.25) is 9.69 Å². The summed E-state index contributed by atoms with van der Waals surface area (Å²) in [5.41, 5.74) is 3.77. The molecule has 4 rings (SSSR count). The van der Waals surface area contributed by atoms with Gasteiger partial charge in [-0.1, -0.05) is 42.0 Å². The first-order valence-electron chi connectivity index (χ1n) is 11.3. The number of benzene rings is 2. The van der Waals surface area contributed by atoms with Crippen LogP contribution in [0.2, 0.25) is 0 Å². The predicted molar refractivity (Wildman–Crippen MR) is 134 cm³/mol. The monoisotopic (exact) mass is 472 g/mol. The smallest absolute Gasteiger partial charge is 0.258 e. The molecule has 1 N–H and O–H groups in total. The zero-order valence-electron chi connectivity index (χ0n) is 18.6. The topological polar surface area (TPSA) is 50.8 Å². The number of ether oxygens (including phenoxy) is 2. The first-order chi connectivity index (χ1) is 15.7. The average molecular weight is 473 g/mol. The van der Waals surface area contributed by atoms with Crippen molar-refractivity contribution in [3.8, 4) is 5.75 Å². The zero-order valence-corrected chi connectivity index (χ0v) is 20.3. The number of thioether (sulfide) groups is 2. The van der Waals surface area contributed by atoms with E-state index in [9.17, 15) is 4.79 Å². The van der Waals surface area contributed by atoms with Crippen molar-refractivity contribution >= 4 is 29.4 Å². The first kappa shape index (κ1) is 23.5. The molecule has 0 radical (unpaired) electrons. The number of carbonyl (C=O) groups excluding carboxylic acids is 1. The Morgan fingerprint density at radius 1 is 1.09 bits per heavy atom. The minimum Gasteiger partial charge on any atom is -0.484 e. The summed E-state index contributed by atoms with van der Waals surface area (Å²) < 4.78 is 11.8. The Balaban J connectivity index is 1.28. The first-order valence-corrected chi connectivity index (χ1v) is 13.4. The molecule has 0 saturated carbocycles. The Kier molecular flexibility index (Phi) is 8.79. The maximum Gasteiger partial charge on any atom is 0.258 e. The third-order valence-electron chi connectivity index (χ3n) is 5.79. The molecule has 0 aliphatic carbocycles. The molecular weight excluding hydrogens is 440 g/mol. The van der Waals surface area contributed by atoms with Crippen LogP contribution in [0.15, 0.2) is 48.5 Å². The van der Waals surface area contributed by atoms with Crippen LogP contribution in [-0.2, 0) is 9.53 Å². The van der Waals surface area contributed by atoms with Gasteiger partial charge in [-0.2, -0.15) is 0 Å². The van der Waals surface area contributed by atoms with Crippen LogP contribution in [-0.4, -0.2) is 61.8 Å². The number of amides is 1. The van der Waals surface area contributed by atoms with Gasteiger partial charge in [0.15, 0.2) is 6.61 Å². The molecular formula is C25H32N2O3S2. The van der Waals surface area contributed by atoms with E-state index >= 15 is 0 Å². The average Bonchev–Trinajstić information content (AvgIpc) is 2.85. The zero-order chi connectivity index (χ0) is 22.2. The number of aryl methyl sites for hydroxylation is 1. The molecule has 2 heterocycles. The summed E-state index contributed by atoms with van der Waals surface area (Å²) in [7, 11) is 0. The molecule has 1 atom stereocenters. The van der Waals surface area contributed by atoms with Gasteiger partial charge in [-0.15, -0.1) is 23.5 Å². The Hall–Kier alpha value is -1.67. The van der Waals surface area contributed by atoms with Crippen molar-refractivity contribution < 1.29 is 14.3 Å². The summed E-state index contributed by atoms with van der Waals surface area (Å²) in [6.07, 6.45) is 1.29. The van der Waals surface area contributed by atoms with Crippen LogP contribution in [0.4, 0.5) is 0 Å². The number of hydrogen-bond donors (Lipinski definition) is 1. The Bertz CT molecular complexity index is 848. The Morgan fingerprint density at radius 3 is 2.47 bits per heavy atom. The summed E-state index contributed by atoms with van der Waals surface area (Å²) in [4.78, 5) is 14.9. The molecule has 1 amide bonds. The second kappa shape index (κ2) is 12.0. The number of nitrogens with one attached hydrogen (secondary N) is 1. The summed E-state index contributed by atoms with van der Waals surface area (Å²) in [6, 6.07) is 16.9. The number of rotatable bonds is 8. The van der Waals surface area contributed by atoms with E-state index in [-0.39, 0.29) is 18.6 Å². The van der Waals surface area contributed by atoms with Gasteiger partial charge in [0.05, 0.1) is 23.8 Å². The summed E-state index contributed by atoms with van der Waals surface area (Å²) in [6.45, 7) is 5.87. The van der Waals surface area contributed by atoms with Gasteiger partial charge in [0.2, 0.25) is 0 Å². The maximum absolute atomic E-state index is 12.5. The molecule has 172 valence electrons. The molecule has 0 aromatic heterocycles. The van der Waals surface area contributed by atoms with Gasteiger partial charge in [0.25, 0.3) is 5.91 Å². The van der Waals surface area contributed by atoms with Crippen molar-refractivity contribution in [2.45, 2.75) is 24.0 Å². The van der Waals surface area contributed by atoms with Crippen LogP contribution in [0.5, 0.6) is 5.75 Å². The van der Waals surface area contributed by atoms with E-state index in [1.807, 2.05) is 35.7 Å². The van der Waals surface area contributed by atoms with E-state index in [4.69, 9.17) is 9.47 Å². The van der Waals surface area contributed by atoms with Crippen molar-refractivity contribution in [2.75, 3.05) is 51.0 Å². The third-order valence-corrected chi connectivity index (χ3v) is 8.81. The molecule has 2 aromatic carbocycles. The molecule has 1 unspecified atom stereocenters. The van der Waals surface area contributed by atoms with Crippen LogP contribution >= 0.6 is 23.5 Å². The van der Waals surface area contributed by atoms with Gasteiger partial charge >= 0.3 is 0 Å². The van der Waals surface area contributed by atoms with Gasteiger partial charge in [0.1, 0.15) is 5.75 Å². The lowest BCUT2D eigenvalue weighted by Crippen LogP contribution is -2.44. The lowest BCUT2D eigenvalue weighted by Gasteiger charge is -2.35. The molecule has 0 spiro atoms. The number of morpholine rings is 1. The van der Waals surface area contributed by atoms with Crippen molar-refractivity contribution in [1.82, 2.24) is 10.2 Å². The highest BCUT2D eigenvalue weighted by Crippen LogP contribution is 2.43. The maximum atomic E-state index is 12.5. The summed E-state index contributed by atoms with van der Waals surface area (Å²) in [5.74, 6) is 3.09. The fourth-order valence-electron chi connectivity index (χ4n) is 3.95. The van der Waals surface area contributed by atoms with Crippen LogP contribution < -0.4 is 10.1 Å². The van der Waals surface area contributed by atoms with Gasteiger partial charge in [0, 0.05) is 19.6 Å². The van der Waals surface area contributed by atoms with Gasteiger partial charge in [-0.05, 0) is 48.1 Å². The molecule has 2 fully saturated rings. The van der Waals surface area contributed by atoms with Crippen LogP contribution in [0.3, 0.4) is 0 Å². The number of carbonyl (C=O) groups is 1. The van der Waals surface area contributed by atoms with Crippen molar-refractivity contribution in [1.29, 1.82) is 0 Å². The normalized spacial score (nSPS) is 18.8. The molecule has 2 aliphatic rings. The number of nitrogens with zero attached hydrogens (tertiary/aromatic N) is 1. The van der Waals surface area contributed by atoms with E-state index in [1.165, 1.54) is 34.6 Å². The largest absolute Gasteiger partial charge is 0.484 e. The van der Waals surface area contributed by atoms with E-state index in [0.717, 1.165) is 32.1 Å². The van der Waals surface area contributed by atoms with Crippen LogP contribution in [0.25, 0.3) is 0 Å². The van der Waals surface area contributed by atoms with Gasteiger partial charge < -0.3 is 14.8 Å². The molecule has 32 heavy (non-hydrogen) atoms. The molecule has 2 aliphatic heterocycles. The van der Waals surface area contributed by atoms with Crippen LogP contribution in [0.1, 0.15) is 33.7 Å². The summed E-state index contributed by atoms with van der Waals surface area (Å²) in [5, 5.41) is 3.07. The Labute approximate surface area is 199 Å². The third kappa shape index (κ3) is 6.67. The van der Waals surface area contributed by atoms with Crippen molar-refractivity contribution in [2.24, 2.45) is 0 Å².